The van der Waals surface area contributed by atoms with Crippen molar-refractivity contribution in [1.82, 2.24) is 34.5 Å². The summed E-state index contributed by atoms with van der Waals surface area (Å²) in [5.74, 6) is 1.44. The van der Waals surface area contributed by atoms with Crippen LogP contribution in [0.25, 0.3) is 22.6 Å². The zero-order chi connectivity index (χ0) is 26.6. The lowest BCUT2D eigenvalue weighted by atomic mass is 10.1. The zero-order valence-electron chi connectivity index (χ0n) is 21.4. The van der Waals surface area contributed by atoms with Crippen molar-refractivity contribution in [2.45, 2.75) is 70.0 Å². The molecule has 0 bridgehead atoms. The molecule has 4 aromatic heterocycles. The van der Waals surface area contributed by atoms with Crippen LogP contribution in [0.3, 0.4) is 0 Å². The lowest BCUT2D eigenvalue weighted by molar-refractivity contribution is 0.482. The maximum Gasteiger partial charge on any atom is 0.295 e. The van der Waals surface area contributed by atoms with Gasteiger partial charge in [-0.15, -0.1) is 11.3 Å². The summed E-state index contributed by atoms with van der Waals surface area (Å²) in [5.41, 5.74) is 3.31. The van der Waals surface area contributed by atoms with Crippen LogP contribution in [-0.2, 0) is 16.4 Å². The number of hydrogen-bond acceptors (Lipinski definition) is 11. The van der Waals surface area contributed by atoms with Crippen LogP contribution in [0.2, 0.25) is 0 Å². The van der Waals surface area contributed by atoms with E-state index in [4.69, 9.17) is 4.98 Å². The molecule has 0 unspecified atom stereocenters. The first-order chi connectivity index (χ1) is 18.3. The smallest absolute Gasteiger partial charge is 0.295 e. The summed E-state index contributed by atoms with van der Waals surface area (Å²) < 4.78 is 26.0. The van der Waals surface area contributed by atoms with Crippen molar-refractivity contribution in [3.05, 3.63) is 44.7 Å². The topological polar surface area (TPSA) is 146 Å². The minimum Gasteiger partial charge on any atom is -0.359 e. The highest BCUT2D eigenvalue weighted by Crippen LogP contribution is 2.43. The van der Waals surface area contributed by atoms with Gasteiger partial charge in [0.05, 0.1) is 35.4 Å². The molecule has 13 heteroatoms. The molecule has 2 aliphatic carbocycles. The monoisotopic (exact) mass is 552 g/mol. The van der Waals surface area contributed by atoms with Gasteiger partial charge in [0.15, 0.2) is 32.2 Å². The Bertz CT molecular complexity index is 1710. The van der Waals surface area contributed by atoms with Crippen molar-refractivity contribution in [2.75, 3.05) is 11.1 Å². The molecule has 4 aromatic rings. The van der Waals surface area contributed by atoms with E-state index in [1.807, 2.05) is 13.8 Å². The van der Waals surface area contributed by atoms with Crippen molar-refractivity contribution >= 4 is 38.2 Å². The van der Waals surface area contributed by atoms with Gasteiger partial charge in [0, 0.05) is 17.3 Å². The number of aromatic nitrogens is 7. The molecule has 2 fully saturated rings. The molecule has 38 heavy (non-hydrogen) atoms. The van der Waals surface area contributed by atoms with Gasteiger partial charge >= 0.3 is 0 Å². The molecular weight excluding hydrogens is 524 g/mol. The summed E-state index contributed by atoms with van der Waals surface area (Å²) in [6.45, 7) is 5.73. The maximum absolute atomic E-state index is 13.7. The van der Waals surface area contributed by atoms with Crippen molar-refractivity contribution < 1.29 is 8.42 Å². The van der Waals surface area contributed by atoms with Gasteiger partial charge in [0.2, 0.25) is 0 Å². The van der Waals surface area contributed by atoms with Crippen LogP contribution in [0.4, 0.5) is 5.82 Å². The van der Waals surface area contributed by atoms with E-state index in [1.165, 1.54) is 16.7 Å². The second-order valence-corrected chi connectivity index (χ2v) is 13.1. The Balaban J connectivity index is 1.41. The van der Waals surface area contributed by atoms with Crippen LogP contribution in [0.1, 0.15) is 67.9 Å². The van der Waals surface area contributed by atoms with E-state index in [2.05, 4.69) is 30.2 Å². The minimum absolute atomic E-state index is 0.0155. The van der Waals surface area contributed by atoms with Crippen LogP contribution < -0.4 is 10.9 Å². The predicted octanol–water partition coefficient (Wildman–Crippen LogP) is 3.66. The number of nitrogens with zero attached hydrogens (tertiary/aromatic N) is 7. The SMILES string of the molecule is CCS(=O)(=O)c1csc(CNc2nc3cnc(-c4c(C)ncnc4C4CC4)nc3n([C@@H](C)C3CC3)c2=O)n1. The number of rotatable bonds is 9. The second kappa shape index (κ2) is 9.45. The molecular formula is C25H28N8O3S2. The largest absolute Gasteiger partial charge is 0.359 e. The highest BCUT2D eigenvalue weighted by Gasteiger charge is 2.33. The number of hydrogen-bond donors (Lipinski definition) is 1. The average molecular weight is 553 g/mol. The van der Waals surface area contributed by atoms with E-state index < -0.39 is 9.84 Å². The fourth-order valence-corrected chi connectivity index (χ4v) is 6.59. The Morgan fingerprint density at radius 2 is 1.92 bits per heavy atom. The number of anilines is 1. The van der Waals surface area contributed by atoms with Gasteiger partial charge < -0.3 is 5.32 Å². The third kappa shape index (κ3) is 4.57. The average Bonchev–Trinajstić information content (AvgIpc) is 3.84. The van der Waals surface area contributed by atoms with Gasteiger partial charge in [-0.1, -0.05) is 6.92 Å². The number of thiazole rings is 1. The minimum atomic E-state index is -3.39. The first-order valence-corrected chi connectivity index (χ1v) is 15.3. The van der Waals surface area contributed by atoms with Gasteiger partial charge in [-0.25, -0.2) is 38.3 Å². The number of sulfone groups is 1. The maximum atomic E-state index is 13.7. The fourth-order valence-electron chi connectivity index (χ4n) is 4.66. The molecule has 1 atom stereocenters. The van der Waals surface area contributed by atoms with Gasteiger partial charge in [0.25, 0.3) is 5.56 Å². The van der Waals surface area contributed by atoms with Crippen LogP contribution in [0, 0.1) is 12.8 Å². The summed E-state index contributed by atoms with van der Waals surface area (Å²) in [4.78, 5) is 40.9. The predicted molar refractivity (Wildman–Crippen MR) is 144 cm³/mol. The molecule has 0 radical (unpaired) electrons. The van der Waals surface area contributed by atoms with Crippen molar-refractivity contribution in [3.8, 4) is 11.4 Å². The molecule has 0 aromatic carbocycles. The highest BCUT2D eigenvalue weighted by atomic mass is 32.2. The van der Waals surface area contributed by atoms with Crippen molar-refractivity contribution in [3.63, 3.8) is 0 Å². The zero-order valence-corrected chi connectivity index (χ0v) is 23.0. The standard InChI is InChI=1S/C25H28N8O3S2/c1-4-38(35,36)19-11-37-18(31-19)10-27-23-25(34)33(14(3)15-5-6-15)24-17(30-23)9-26-22(32-24)20-13(2)28-12-29-21(20)16-7-8-16/h9,11-12,14-16H,4-8,10H2,1-3H3,(H,27,30)/t14-/m0/s1. The van der Waals surface area contributed by atoms with Gasteiger partial charge in [-0.05, 0) is 45.4 Å². The summed E-state index contributed by atoms with van der Waals surface area (Å²) in [6, 6.07) is -0.0616. The molecule has 11 nitrogen and oxygen atoms in total. The quantitative estimate of drug-likeness (QED) is 0.326. The lowest BCUT2D eigenvalue weighted by Gasteiger charge is -2.19. The molecule has 2 aliphatic rings. The molecule has 2 saturated carbocycles. The summed E-state index contributed by atoms with van der Waals surface area (Å²) in [5, 5.41) is 5.21. The Morgan fingerprint density at radius 3 is 2.63 bits per heavy atom. The van der Waals surface area contributed by atoms with E-state index in [0.717, 1.165) is 42.6 Å². The molecule has 6 rings (SSSR count). The van der Waals surface area contributed by atoms with Gasteiger partial charge in [0.1, 0.15) is 16.9 Å². The first-order valence-electron chi connectivity index (χ1n) is 12.8. The summed E-state index contributed by atoms with van der Waals surface area (Å²) in [6.07, 6.45) is 7.52. The van der Waals surface area contributed by atoms with E-state index >= 15 is 0 Å². The summed E-state index contributed by atoms with van der Waals surface area (Å²) >= 11 is 1.23. The van der Waals surface area contributed by atoms with Crippen LogP contribution in [0.5, 0.6) is 0 Å². The van der Waals surface area contributed by atoms with Crippen LogP contribution >= 0.6 is 11.3 Å². The number of nitrogens with one attached hydrogen (secondary N) is 1. The normalized spacial score (nSPS) is 16.6. The third-order valence-corrected chi connectivity index (χ3v) is 9.84. The van der Waals surface area contributed by atoms with Crippen LogP contribution in [0.15, 0.2) is 27.7 Å². The Morgan fingerprint density at radius 1 is 1.13 bits per heavy atom. The fraction of sp³-hybridized carbons (Fsp3) is 0.480. The van der Waals surface area contributed by atoms with E-state index in [9.17, 15) is 13.2 Å². The van der Waals surface area contributed by atoms with Crippen molar-refractivity contribution in [1.29, 1.82) is 0 Å². The molecule has 1 N–H and O–H groups in total. The molecule has 0 aliphatic heterocycles. The molecule has 198 valence electrons. The van der Waals surface area contributed by atoms with Crippen molar-refractivity contribution in [2.24, 2.45) is 5.92 Å². The highest BCUT2D eigenvalue weighted by molar-refractivity contribution is 7.91. The van der Waals surface area contributed by atoms with E-state index in [1.54, 1.807) is 24.0 Å². The van der Waals surface area contributed by atoms with Gasteiger partial charge in [-0.2, -0.15) is 0 Å². The molecule has 0 amide bonds. The Labute approximate surface area is 223 Å². The third-order valence-electron chi connectivity index (χ3n) is 7.23. The van der Waals surface area contributed by atoms with Gasteiger partial charge in [-0.3, -0.25) is 9.36 Å². The summed E-state index contributed by atoms with van der Waals surface area (Å²) in [7, 11) is -3.39. The lowest BCUT2D eigenvalue weighted by Crippen LogP contribution is -2.29. The first kappa shape index (κ1) is 25.0. The molecule has 0 spiro atoms. The second-order valence-electron chi connectivity index (χ2n) is 9.95. The Hall–Kier alpha value is -3.32. The van der Waals surface area contributed by atoms with Crippen LogP contribution in [-0.4, -0.2) is 48.6 Å². The molecule has 4 heterocycles. The molecule has 0 saturated heterocycles. The van der Waals surface area contributed by atoms with E-state index in [0.29, 0.717) is 33.8 Å². The number of fused-ring (bicyclic) bond motifs is 1. The Kier molecular flexibility index (Phi) is 6.22. The number of aryl methyl sites for hydroxylation is 1. The van der Waals surface area contributed by atoms with E-state index in [-0.39, 0.29) is 34.7 Å².